The van der Waals surface area contributed by atoms with E-state index in [1.807, 2.05) is 24.3 Å². The lowest BCUT2D eigenvalue weighted by molar-refractivity contribution is -0.136. The summed E-state index contributed by atoms with van der Waals surface area (Å²) in [5.41, 5.74) is 0.769. The third-order valence-corrected chi connectivity index (χ3v) is 5.90. The van der Waals surface area contributed by atoms with E-state index < -0.39 is 17.8 Å². The van der Waals surface area contributed by atoms with Crippen molar-refractivity contribution in [2.75, 3.05) is 36.4 Å². The number of hydrogen-bond acceptors (Lipinski definition) is 5. The molecule has 2 aromatic carbocycles. The Kier molecular flexibility index (Phi) is 5.43. The van der Waals surface area contributed by atoms with E-state index in [1.165, 1.54) is 23.1 Å². The Balaban J connectivity index is 1.18. The number of urea groups is 1. The van der Waals surface area contributed by atoms with Gasteiger partial charge < -0.3 is 19.6 Å². The first-order valence-corrected chi connectivity index (χ1v) is 10.8. The second-order valence-electron chi connectivity index (χ2n) is 8.22. The van der Waals surface area contributed by atoms with E-state index in [2.05, 4.69) is 20.4 Å². The first-order valence-electron chi connectivity index (χ1n) is 10.8. The second kappa shape index (κ2) is 8.42. The predicted molar refractivity (Wildman–Crippen MR) is 116 cm³/mol. The van der Waals surface area contributed by atoms with Crippen LogP contribution < -0.4 is 10.2 Å². The minimum absolute atomic E-state index is 0.237. The van der Waals surface area contributed by atoms with Crippen molar-refractivity contribution in [1.82, 2.24) is 15.0 Å². The number of carbonyl (C=O) groups is 1. The number of alkyl halides is 3. The minimum Gasteiger partial charge on any atom is -0.368 e. The maximum Gasteiger partial charge on any atom is 0.418 e. The number of carbonyl (C=O) groups excluding carboxylic acids is 1. The van der Waals surface area contributed by atoms with Gasteiger partial charge in [-0.05, 0) is 49.2 Å². The van der Waals surface area contributed by atoms with Crippen molar-refractivity contribution in [2.24, 2.45) is 0 Å². The lowest BCUT2D eigenvalue weighted by Crippen LogP contribution is -2.50. The highest BCUT2D eigenvalue weighted by Crippen LogP contribution is 2.39. The molecule has 172 valence electrons. The molecule has 1 aliphatic heterocycles. The molecule has 5 rings (SSSR count). The highest BCUT2D eigenvalue weighted by molar-refractivity contribution is 5.90. The van der Waals surface area contributed by atoms with Gasteiger partial charge in [0, 0.05) is 43.3 Å². The van der Waals surface area contributed by atoms with Crippen molar-refractivity contribution in [3.05, 3.63) is 60.0 Å². The summed E-state index contributed by atoms with van der Waals surface area (Å²) >= 11 is 0. The summed E-state index contributed by atoms with van der Waals surface area (Å²) in [6.45, 7) is 1.94. The summed E-state index contributed by atoms with van der Waals surface area (Å²) in [4.78, 5) is 20.7. The summed E-state index contributed by atoms with van der Waals surface area (Å²) < 4.78 is 44.8. The van der Waals surface area contributed by atoms with Crippen LogP contribution in [0, 0.1) is 0 Å². The molecule has 1 aliphatic carbocycles. The van der Waals surface area contributed by atoms with Gasteiger partial charge in [-0.2, -0.15) is 18.2 Å². The first kappa shape index (κ1) is 21.3. The zero-order valence-electron chi connectivity index (χ0n) is 17.7. The van der Waals surface area contributed by atoms with Crippen LogP contribution in [-0.2, 0) is 6.18 Å². The molecule has 0 spiro atoms. The van der Waals surface area contributed by atoms with Crippen LogP contribution in [0.3, 0.4) is 0 Å². The maximum absolute atomic E-state index is 13.2. The molecule has 1 saturated carbocycles. The Bertz CT molecular complexity index is 1130. The van der Waals surface area contributed by atoms with Crippen molar-refractivity contribution in [3.63, 3.8) is 0 Å². The molecule has 7 nitrogen and oxygen atoms in total. The Morgan fingerprint density at radius 2 is 1.70 bits per heavy atom. The smallest absolute Gasteiger partial charge is 0.368 e. The molecular formula is C23H22F3N5O2. The van der Waals surface area contributed by atoms with Crippen LogP contribution in [0.2, 0.25) is 0 Å². The van der Waals surface area contributed by atoms with Gasteiger partial charge in [-0.15, -0.1) is 0 Å². The number of halogens is 3. The molecule has 10 heteroatoms. The van der Waals surface area contributed by atoms with Crippen molar-refractivity contribution in [1.29, 1.82) is 0 Å². The Labute approximate surface area is 188 Å². The fraction of sp³-hybridized carbons (Fsp3) is 0.348. The molecule has 2 fully saturated rings. The average molecular weight is 457 g/mol. The Hall–Kier alpha value is -3.56. The van der Waals surface area contributed by atoms with Gasteiger partial charge >= 0.3 is 12.2 Å². The molecule has 2 aliphatic rings. The summed E-state index contributed by atoms with van der Waals surface area (Å²) in [5.74, 6) is 1.67. The lowest BCUT2D eigenvalue weighted by Gasteiger charge is -2.36. The van der Waals surface area contributed by atoms with Crippen LogP contribution >= 0.6 is 0 Å². The number of hydrogen-bond donors (Lipinski definition) is 1. The number of rotatable bonds is 4. The van der Waals surface area contributed by atoms with E-state index >= 15 is 0 Å². The van der Waals surface area contributed by atoms with Crippen LogP contribution in [-0.4, -0.2) is 47.3 Å². The molecule has 33 heavy (non-hydrogen) atoms. The number of nitrogens with zero attached hydrogens (tertiary/aromatic N) is 4. The van der Waals surface area contributed by atoms with Gasteiger partial charge in [-0.1, -0.05) is 17.3 Å². The third kappa shape index (κ3) is 4.64. The van der Waals surface area contributed by atoms with Crippen molar-refractivity contribution in [2.45, 2.75) is 24.9 Å². The van der Waals surface area contributed by atoms with E-state index in [4.69, 9.17) is 4.52 Å². The molecule has 0 radical (unpaired) electrons. The summed E-state index contributed by atoms with van der Waals surface area (Å²) in [7, 11) is 0. The van der Waals surface area contributed by atoms with Crippen LogP contribution in [0.15, 0.2) is 53.1 Å². The Morgan fingerprint density at radius 1 is 1.00 bits per heavy atom. The number of para-hydroxylation sites is 1. The number of aromatic nitrogens is 2. The van der Waals surface area contributed by atoms with Gasteiger partial charge in [-0.25, -0.2) is 4.79 Å². The van der Waals surface area contributed by atoms with E-state index in [1.54, 1.807) is 0 Å². The van der Waals surface area contributed by atoms with Gasteiger partial charge in [0.15, 0.2) is 0 Å². The molecule has 1 saturated heterocycles. The predicted octanol–water partition coefficient (Wildman–Crippen LogP) is 4.99. The Morgan fingerprint density at radius 3 is 2.36 bits per heavy atom. The molecule has 1 aromatic heterocycles. The van der Waals surface area contributed by atoms with Gasteiger partial charge in [0.2, 0.25) is 11.7 Å². The minimum atomic E-state index is -4.53. The second-order valence-corrected chi connectivity index (χ2v) is 8.22. The van der Waals surface area contributed by atoms with Crippen LogP contribution in [0.1, 0.15) is 30.2 Å². The van der Waals surface area contributed by atoms with E-state index in [0.717, 1.165) is 30.2 Å². The van der Waals surface area contributed by atoms with Gasteiger partial charge in [0.1, 0.15) is 0 Å². The number of nitrogens with one attached hydrogen (secondary N) is 1. The van der Waals surface area contributed by atoms with E-state index in [9.17, 15) is 18.0 Å². The van der Waals surface area contributed by atoms with Gasteiger partial charge in [0.05, 0.1) is 11.3 Å². The van der Waals surface area contributed by atoms with Gasteiger partial charge in [0.25, 0.3) is 0 Å². The zero-order chi connectivity index (χ0) is 23.0. The van der Waals surface area contributed by atoms with Crippen molar-refractivity contribution in [3.8, 4) is 11.4 Å². The van der Waals surface area contributed by atoms with Crippen molar-refractivity contribution >= 4 is 17.4 Å². The number of amides is 2. The lowest BCUT2D eigenvalue weighted by atomic mass is 10.1. The topological polar surface area (TPSA) is 74.5 Å². The standard InChI is InChI=1S/C23H22F3N5O2/c24-23(25,26)18-3-1-2-4-19(18)27-22(32)31-13-11-30(12-14-31)17-9-7-15(8-10-17)20-28-21(33-29-20)16-5-6-16/h1-4,7-10,16H,5-6,11-14H2,(H,27,32). The average Bonchev–Trinajstić information content (AvgIpc) is 3.55. The molecule has 2 heterocycles. The number of piperazine rings is 1. The fourth-order valence-corrected chi connectivity index (χ4v) is 3.87. The molecule has 1 N–H and O–H groups in total. The third-order valence-electron chi connectivity index (χ3n) is 5.90. The number of anilines is 2. The quantitative estimate of drug-likeness (QED) is 0.598. The number of benzene rings is 2. The largest absolute Gasteiger partial charge is 0.418 e. The SMILES string of the molecule is O=C(Nc1ccccc1C(F)(F)F)N1CCN(c2ccc(-c3noc(C4CC4)n3)cc2)CC1. The fourth-order valence-electron chi connectivity index (χ4n) is 3.87. The van der Waals surface area contributed by atoms with E-state index in [-0.39, 0.29) is 5.69 Å². The van der Waals surface area contributed by atoms with Crippen LogP contribution in [0.5, 0.6) is 0 Å². The first-order chi connectivity index (χ1) is 15.9. The molecule has 0 atom stereocenters. The summed E-state index contributed by atoms with van der Waals surface area (Å²) in [6, 6.07) is 12.3. The van der Waals surface area contributed by atoms with Crippen molar-refractivity contribution < 1.29 is 22.5 Å². The van der Waals surface area contributed by atoms with E-state index in [0.29, 0.717) is 43.8 Å². The molecular weight excluding hydrogens is 435 g/mol. The summed E-state index contributed by atoms with van der Waals surface area (Å²) in [5, 5.41) is 6.46. The van der Waals surface area contributed by atoms with Crippen LogP contribution in [0.25, 0.3) is 11.4 Å². The highest BCUT2D eigenvalue weighted by atomic mass is 19.4. The maximum atomic E-state index is 13.2. The molecule has 2 amide bonds. The molecule has 0 unspecified atom stereocenters. The normalized spacial score (nSPS) is 16.7. The summed E-state index contributed by atoms with van der Waals surface area (Å²) in [6.07, 6.45) is -2.34. The van der Waals surface area contributed by atoms with Crippen LogP contribution in [0.4, 0.5) is 29.3 Å². The zero-order valence-corrected chi connectivity index (χ0v) is 17.7. The highest BCUT2D eigenvalue weighted by Gasteiger charge is 2.34. The molecule has 0 bridgehead atoms. The monoisotopic (exact) mass is 457 g/mol. The van der Waals surface area contributed by atoms with Gasteiger partial charge in [-0.3, -0.25) is 0 Å². The molecule has 3 aromatic rings.